The molecule has 0 unspecified atom stereocenters. The number of carbonyl (C=O) groups is 1. The summed E-state index contributed by atoms with van der Waals surface area (Å²) < 4.78 is 17.5. The third kappa shape index (κ3) is 6.30. The summed E-state index contributed by atoms with van der Waals surface area (Å²) in [4.78, 5) is 23.6. The molecular formula is C34H45N3O4. The molecule has 0 spiro atoms. The summed E-state index contributed by atoms with van der Waals surface area (Å²) in [5.41, 5.74) is 3.98. The van der Waals surface area contributed by atoms with E-state index < -0.39 is 5.60 Å². The quantitative estimate of drug-likeness (QED) is 0.250. The van der Waals surface area contributed by atoms with Crippen LogP contribution in [0.5, 0.6) is 11.5 Å². The van der Waals surface area contributed by atoms with E-state index in [1.165, 1.54) is 17.6 Å². The Kier molecular flexibility index (Phi) is 9.03. The van der Waals surface area contributed by atoms with Crippen LogP contribution in [-0.2, 0) is 16.0 Å². The summed E-state index contributed by atoms with van der Waals surface area (Å²) in [6.45, 7) is 5.68. The van der Waals surface area contributed by atoms with Gasteiger partial charge in [0.1, 0.15) is 34.0 Å². The number of methoxy groups -OCH3 is 2. The number of hydrogen-bond acceptors (Lipinski definition) is 6. The number of benzene rings is 2. The summed E-state index contributed by atoms with van der Waals surface area (Å²) in [6.07, 6.45) is 9.40. The second-order valence-electron chi connectivity index (χ2n) is 12.1. The third-order valence-corrected chi connectivity index (χ3v) is 8.97. The van der Waals surface area contributed by atoms with Crippen molar-refractivity contribution in [2.45, 2.75) is 64.4 Å². The predicted octanol–water partition coefficient (Wildman–Crippen LogP) is 6.68. The van der Waals surface area contributed by atoms with Crippen LogP contribution >= 0.6 is 0 Å². The average Bonchev–Trinajstić information content (AvgIpc) is 3.19. The fourth-order valence-corrected chi connectivity index (χ4v) is 6.66. The zero-order valence-corrected chi connectivity index (χ0v) is 25.2. The molecule has 1 heterocycles. The van der Waals surface area contributed by atoms with Gasteiger partial charge in [-0.25, -0.2) is 4.98 Å². The number of fused-ring (bicyclic) bond motifs is 4. The molecule has 3 atom stereocenters. The minimum absolute atomic E-state index is 0.0781. The normalized spacial score (nSPS) is 22.2. The van der Waals surface area contributed by atoms with Crippen LogP contribution in [0.4, 0.5) is 0 Å². The molecule has 3 aromatic rings. The summed E-state index contributed by atoms with van der Waals surface area (Å²) in [7, 11) is 5.50. The van der Waals surface area contributed by atoms with Crippen LogP contribution in [0.25, 0.3) is 16.6 Å². The number of aromatic nitrogens is 2. The molecular weight excluding hydrogens is 514 g/mol. The van der Waals surface area contributed by atoms with Gasteiger partial charge < -0.3 is 24.1 Å². The molecule has 1 aromatic heterocycles. The Morgan fingerprint density at radius 3 is 2.56 bits per heavy atom. The van der Waals surface area contributed by atoms with E-state index in [1.807, 2.05) is 26.0 Å². The van der Waals surface area contributed by atoms with Crippen molar-refractivity contribution in [2.75, 3.05) is 34.4 Å². The highest BCUT2D eigenvalue weighted by molar-refractivity contribution is 5.87. The number of aromatic amines is 1. The molecule has 3 aliphatic rings. The van der Waals surface area contributed by atoms with E-state index in [-0.39, 0.29) is 17.8 Å². The molecule has 0 aliphatic heterocycles. The maximum Gasteiger partial charge on any atom is 0.308 e. The Bertz CT molecular complexity index is 1320. The number of nitrogens with zero attached hydrogens (tertiary/aromatic N) is 2. The highest BCUT2D eigenvalue weighted by atomic mass is 16.6. The number of allylic oxidation sites excluding steroid dienone is 1. The Labute approximate surface area is 244 Å². The van der Waals surface area contributed by atoms with E-state index in [2.05, 4.69) is 53.3 Å². The zero-order chi connectivity index (χ0) is 29.0. The van der Waals surface area contributed by atoms with Crippen LogP contribution in [0.1, 0.15) is 63.8 Å². The molecule has 220 valence electrons. The summed E-state index contributed by atoms with van der Waals surface area (Å²) >= 11 is 0. The van der Waals surface area contributed by atoms with Gasteiger partial charge in [-0.3, -0.25) is 4.79 Å². The lowest BCUT2D eigenvalue weighted by molar-refractivity contribution is -0.172. The Morgan fingerprint density at radius 1 is 1.07 bits per heavy atom. The average molecular weight is 560 g/mol. The number of H-pyrrole nitrogens is 1. The molecule has 0 radical (unpaired) electrons. The smallest absolute Gasteiger partial charge is 0.308 e. The molecule has 3 aliphatic carbocycles. The van der Waals surface area contributed by atoms with Crippen molar-refractivity contribution < 1.29 is 19.0 Å². The first kappa shape index (κ1) is 29.2. The predicted molar refractivity (Wildman–Crippen MR) is 163 cm³/mol. The lowest BCUT2D eigenvalue weighted by atomic mass is 9.69. The number of carbonyl (C=O) groups excluding carboxylic acids is 1. The highest BCUT2D eigenvalue weighted by Gasteiger charge is 2.48. The van der Waals surface area contributed by atoms with Crippen LogP contribution < -0.4 is 9.47 Å². The minimum Gasteiger partial charge on any atom is -0.494 e. The summed E-state index contributed by atoms with van der Waals surface area (Å²) in [5, 5.41) is 0. The summed E-state index contributed by atoms with van der Waals surface area (Å²) in [6, 6.07) is 14.5. The Balaban J connectivity index is 1.26. The minimum atomic E-state index is -0.444. The first-order valence-electron chi connectivity index (χ1n) is 15.1. The van der Waals surface area contributed by atoms with Gasteiger partial charge in [0, 0.05) is 25.3 Å². The van der Waals surface area contributed by atoms with Gasteiger partial charge >= 0.3 is 5.97 Å². The summed E-state index contributed by atoms with van der Waals surface area (Å²) in [5.74, 6) is 2.88. The van der Waals surface area contributed by atoms with Crippen molar-refractivity contribution in [2.24, 2.45) is 17.8 Å². The van der Waals surface area contributed by atoms with Crippen LogP contribution in [0.3, 0.4) is 0 Å². The lowest BCUT2D eigenvalue weighted by Crippen LogP contribution is -2.47. The SMILES string of the molecule is COc1ccc(OC)c2[nH]c(CCCN(C)CC[C@@]3(OC(=O)C(C)C)C[C@@H]4CCC[C@H]3C=C4c3ccccc3)nc12. The van der Waals surface area contributed by atoms with Gasteiger partial charge in [0.25, 0.3) is 0 Å². The molecule has 2 aromatic carbocycles. The molecule has 1 fully saturated rings. The molecule has 0 amide bonds. The fourth-order valence-electron chi connectivity index (χ4n) is 6.66. The topological polar surface area (TPSA) is 76.7 Å². The molecule has 0 saturated heterocycles. The lowest BCUT2D eigenvalue weighted by Gasteiger charge is -2.44. The number of rotatable bonds is 12. The number of nitrogens with one attached hydrogen (secondary N) is 1. The standard InChI is InChI=1S/C34H45N3O4/c1-23(2)33(38)41-34(22-25-13-9-14-26(34)21-27(25)24-11-7-6-8-12-24)18-20-37(3)19-10-15-30-35-31-28(39-4)16-17-29(40-5)32(31)36-30/h6-8,11-12,16-17,21,23,25-26H,9-10,13-15,18-20,22H2,1-5H3,(H,35,36)/t25-,26-,34+/m0/s1. The second kappa shape index (κ2) is 12.7. The molecule has 1 saturated carbocycles. The number of aryl methyl sites for hydroxylation is 1. The van der Waals surface area contributed by atoms with Gasteiger partial charge in [0.2, 0.25) is 0 Å². The first-order chi connectivity index (χ1) is 19.8. The Hall–Kier alpha value is -3.32. The van der Waals surface area contributed by atoms with Crippen LogP contribution in [0, 0.1) is 17.8 Å². The van der Waals surface area contributed by atoms with E-state index in [1.54, 1.807) is 14.2 Å². The van der Waals surface area contributed by atoms with Crippen LogP contribution in [0.15, 0.2) is 48.5 Å². The first-order valence-corrected chi connectivity index (χ1v) is 15.1. The van der Waals surface area contributed by atoms with Gasteiger partial charge in [-0.05, 0) is 68.5 Å². The van der Waals surface area contributed by atoms with Crippen molar-refractivity contribution in [3.8, 4) is 11.5 Å². The maximum absolute atomic E-state index is 13.0. The molecule has 41 heavy (non-hydrogen) atoms. The van der Waals surface area contributed by atoms with E-state index in [9.17, 15) is 4.79 Å². The van der Waals surface area contributed by atoms with Crippen molar-refractivity contribution in [3.05, 3.63) is 59.9 Å². The van der Waals surface area contributed by atoms with E-state index >= 15 is 0 Å². The van der Waals surface area contributed by atoms with Crippen LogP contribution in [-0.4, -0.2) is 60.8 Å². The number of hydrogen-bond donors (Lipinski definition) is 1. The van der Waals surface area contributed by atoms with Crippen LogP contribution in [0.2, 0.25) is 0 Å². The fraction of sp³-hybridized carbons (Fsp3) is 0.529. The number of ether oxygens (including phenoxy) is 3. The third-order valence-electron chi connectivity index (χ3n) is 8.97. The van der Waals surface area contributed by atoms with Gasteiger partial charge in [0.05, 0.1) is 20.1 Å². The van der Waals surface area contributed by atoms with Gasteiger partial charge in [-0.15, -0.1) is 0 Å². The highest BCUT2D eigenvalue weighted by Crippen LogP contribution is 2.51. The van der Waals surface area contributed by atoms with E-state index in [0.29, 0.717) is 5.92 Å². The number of esters is 1. The van der Waals surface area contributed by atoms with Gasteiger partial charge in [0.15, 0.2) is 0 Å². The van der Waals surface area contributed by atoms with Crippen molar-refractivity contribution in [1.82, 2.24) is 14.9 Å². The Morgan fingerprint density at radius 2 is 1.83 bits per heavy atom. The van der Waals surface area contributed by atoms with Gasteiger partial charge in [-0.2, -0.15) is 0 Å². The largest absolute Gasteiger partial charge is 0.494 e. The number of imidazole rings is 1. The molecule has 7 nitrogen and oxygen atoms in total. The molecule has 2 bridgehead atoms. The molecule has 6 rings (SSSR count). The monoisotopic (exact) mass is 559 g/mol. The van der Waals surface area contributed by atoms with Crippen molar-refractivity contribution in [3.63, 3.8) is 0 Å². The second-order valence-corrected chi connectivity index (χ2v) is 12.1. The van der Waals surface area contributed by atoms with E-state index in [4.69, 9.17) is 19.2 Å². The van der Waals surface area contributed by atoms with Gasteiger partial charge in [-0.1, -0.05) is 56.7 Å². The van der Waals surface area contributed by atoms with Crippen molar-refractivity contribution >= 4 is 22.6 Å². The molecule has 7 heteroatoms. The van der Waals surface area contributed by atoms with Crippen molar-refractivity contribution in [1.29, 1.82) is 0 Å². The molecule has 1 N–H and O–H groups in total. The zero-order valence-electron chi connectivity index (χ0n) is 25.2. The van der Waals surface area contributed by atoms with E-state index in [0.717, 1.165) is 80.0 Å². The maximum atomic E-state index is 13.0.